The van der Waals surface area contributed by atoms with Gasteiger partial charge in [-0.2, -0.15) is 13.2 Å². The molecule has 0 unspecified atom stereocenters. The maximum absolute atomic E-state index is 13.1. The molecular weight excluding hydrogens is 487 g/mol. The second-order valence-electron chi connectivity index (χ2n) is 5.43. The van der Waals surface area contributed by atoms with Crippen LogP contribution in [0.15, 0.2) is 51.8 Å². The van der Waals surface area contributed by atoms with Gasteiger partial charge in [-0.15, -0.1) is 0 Å². The molecule has 0 saturated carbocycles. The fourth-order valence-electron chi connectivity index (χ4n) is 2.24. The zero-order valence-corrected chi connectivity index (χ0v) is 17.5. The number of hydrogen-bond donors (Lipinski definition) is 0. The van der Waals surface area contributed by atoms with Crippen LogP contribution in [0.4, 0.5) is 18.9 Å². The van der Waals surface area contributed by atoms with Gasteiger partial charge in [0.15, 0.2) is 0 Å². The first-order valence-electron chi connectivity index (χ1n) is 7.77. The van der Waals surface area contributed by atoms with Gasteiger partial charge in [-0.05, 0) is 49.4 Å². The van der Waals surface area contributed by atoms with Crippen LogP contribution >= 0.6 is 27.5 Å². The van der Waals surface area contributed by atoms with Gasteiger partial charge in [-0.1, -0.05) is 27.5 Å². The van der Waals surface area contributed by atoms with Gasteiger partial charge in [-0.3, -0.25) is 9.10 Å². The largest absolute Gasteiger partial charge is 0.465 e. The zero-order chi connectivity index (χ0) is 21.1. The van der Waals surface area contributed by atoms with Gasteiger partial charge in [0.2, 0.25) is 0 Å². The molecule has 28 heavy (non-hydrogen) atoms. The van der Waals surface area contributed by atoms with Crippen LogP contribution in [0.1, 0.15) is 12.5 Å². The Labute approximate surface area is 173 Å². The first-order chi connectivity index (χ1) is 13.0. The van der Waals surface area contributed by atoms with E-state index in [1.807, 2.05) is 0 Å². The van der Waals surface area contributed by atoms with Crippen molar-refractivity contribution in [3.05, 3.63) is 57.5 Å². The maximum atomic E-state index is 13.1. The van der Waals surface area contributed by atoms with Crippen LogP contribution in [0.25, 0.3) is 0 Å². The Hall–Kier alpha value is -1.78. The summed E-state index contributed by atoms with van der Waals surface area (Å²) in [6.45, 7) is 0.650. The minimum Gasteiger partial charge on any atom is -0.465 e. The number of carbonyl (C=O) groups is 1. The average molecular weight is 501 g/mol. The van der Waals surface area contributed by atoms with Crippen molar-refractivity contribution < 1.29 is 31.1 Å². The normalized spacial score (nSPS) is 11.9. The van der Waals surface area contributed by atoms with Crippen molar-refractivity contribution in [1.82, 2.24) is 0 Å². The molecule has 0 bridgehead atoms. The van der Waals surface area contributed by atoms with Crippen molar-refractivity contribution in [2.75, 3.05) is 17.5 Å². The number of anilines is 1. The predicted octanol–water partition coefficient (Wildman–Crippen LogP) is 4.88. The second kappa shape index (κ2) is 8.71. The van der Waals surface area contributed by atoms with E-state index in [2.05, 4.69) is 15.9 Å². The second-order valence-corrected chi connectivity index (χ2v) is 8.62. The minimum absolute atomic E-state index is 0.0265. The molecule has 2 aromatic rings. The molecule has 0 heterocycles. The molecule has 0 aliphatic heterocycles. The molecule has 0 fully saturated rings. The molecule has 2 rings (SSSR count). The van der Waals surface area contributed by atoms with Crippen LogP contribution in [-0.4, -0.2) is 27.5 Å². The van der Waals surface area contributed by atoms with Gasteiger partial charge in [0.25, 0.3) is 10.0 Å². The Morgan fingerprint density at radius 1 is 1.18 bits per heavy atom. The van der Waals surface area contributed by atoms with E-state index in [-0.39, 0.29) is 16.5 Å². The van der Waals surface area contributed by atoms with Gasteiger partial charge >= 0.3 is 12.1 Å². The summed E-state index contributed by atoms with van der Waals surface area (Å²) in [7, 11) is -4.41. The predicted molar refractivity (Wildman–Crippen MR) is 102 cm³/mol. The zero-order valence-electron chi connectivity index (χ0n) is 14.3. The lowest BCUT2D eigenvalue weighted by Crippen LogP contribution is -2.37. The third-order valence-corrected chi connectivity index (χ3v) is 6.14. The van der Waals surface area contributed by atoms with Gasteiger partial charge < -0.3 is 4.74 Å². The first-order valence-corrected chi connectivity index (χ1v) is 10.4. The Morgan fingerprint density at radius 3 is 2.32 bits per heavy atom. The minimum atomic E-state index is -4.73. The molecule has 152 valence electrons. The summed E-state index contributed by atoms with van der Waals surface area (Å²) in [6.07, 6.45) is -4.73. The molecule has 0 aliphatic rings. The number of rotatable bonds is 6. The molecule has 0 radical (unpaired) electrons. The highest BCUT2D eigenvalue weighted by molar-refractivity contribution is 9.10. The van der Waals surface area contributed by atoms with E-state index in [1.165, 1.54) is 31.2 Å². The summed E-state index contributed by atoms with van der Waals surface area (Å²) >= 11 is 9.16. The van der Waals surface area contributed by atoms with Crippen molar-refractivity contribution in [3.63, 3.8) is 0 Å². The van der Waals surface area contributed by atoms with Crippen LogP contribution < -0.4 is 4.31 Å². The summed E-state index contributed by atoms with van der Waals surface area (Å²) in [5.41, 5.74) is -1.58. The SMILES string of the molecule is CCOC(=O)CN(c1cc(C(F)(F)F)ccc1Cl)S(=O)(=O)c1ccc(Br)cc1. The van der Waals surface area contributed by atoms with Crippen molar-refractivity contribution >= 4 is 49.2 Å². The standard InChI is InChI=1S/C17H14BrClF3NO4S/c1-2-27-16(24)10-23(28(25,26)13-6-4-12(18)5-7-13)15-9-11(17(20,21)22)3-8-14(15)19/h3-9H,2,10H2,1H3. The van der Waals surface area contributed by atoms with Gasteiger partial charge in [0.05, 0.1) is 27.8 Å². The number of carbonyl (C=O) groups excluding carboxylic acids is 1. The van der Waals surface area contributed by atoms with E-state index in [0.29, 0.717) is 14.8 Å². The number of alkyl halides is 3. The number of esters is 1. The van der Waals surface area contributed by atoms with E-state index in [9.17, 15) is 26.4 Å². The number of hydrogen-bond acceptors (Lipinski definition) is 4. The average Bonchev–Trinajstić information content (AvgIpc) is 2.60. The van der Waals surface area contributed by atoms with Gasteiger partial charge in [0, 0.05) is 4.47 Å². The van der Waals surface area contributed by atoms with Gasteiger partial charge in [0.1, 0.15) is 6.54 Å². The maximum Gasteiger partial charge on any atom is 0.416 e. The summed E-state index contributed by atoms with van der Waals surface area (Å²) < 4.78 is 71.3. The molecule has 0 spiro atoms. The molecule has 2 aromatic carbocycles. The molecule has 0 N–H and O–H groups in total. The smallest absolute Gasteiger partial charge is 0.416 e. The third-order valence-electron chi connectivity index (χ3n) is 3.52. The molecule has 11 heteroatoms. The summed E-state index contributed by atoms with van der Waals surface area (Å²) in [5, 5.41) is -0.266. The van der Waals surface area contributed by atoms with E-state index in [1.54, 1.807) is 0 Å². The molecule has 0 aliphatic carbocycles. The number of halogens is 5. The van der Waals surface area contributed by atoms with Crippen molar-refractivity contribution in [3.8, 4) is 0 Å². The lowest BCUT2D eigenvalue weighted by Gasteiger charge is -2.25. The van der Waals surface area contributed by atoms with Crippen LogP contribution in [0.3, 0.4) is 0 Å². The summed E-state index contributed by atoms with van der Waals surface area (Å²) in [4.78, 5) is 11.7. The van der Waals surface area contributed by atoms with E-state index < -0.39 is 40.0 Å². The molecule has 5 nitrogen and oxygen atoms in total. The summed E-state index contributed by atoms with van der Waals surface area (Å²) in [5.74, 6) is -0.934. The van der Waals surface area contributed by atoms with Crippen LogP contribution in [-0.2, 0) is 25.7 Å². The monoisotopic (exact) mass is 499 g/mol. The Bertz CT molecular complexity index is 965. The Balaban J connectivity index is 2.63. The molecule has 0 saturated heterocycles. The highest BCUT2D eigenvalue weighted by atomic mass is 79.9. The highest BCUT2D eigenvalue weighted by Gasteiger charge is 2.34. The number of sulfonamides is 1. The van der Waals surface area contributed by atoms with Crippen molar-refractivity contribution in [2.24, 2.45) is 0 Å². The lowest BCUT2D eigenvalue weighted by atomic mass is 10.2. The fraction of sp³-hybridized carbons (Fsp3) is 0.235. The number of ether oxygens (including phenoxy) is 1. The number of benzene rings is 2. The van der Waals surface area contributed by atoms with Gasteiger partial charge in [-0.25, -0.2) is 8.42 Å². The first kappa shape index (κ1) is 22.5. The van der Waals surface area contributed by atoms with Crippen molar-refractivity contribution in [2.45, 2.75) is 18.0 Å². The Kier molecular flexibility index (Phi) is 7.00. The number of nitrogens with zero attached hydrogens (tertiary/aromatic N) is 1. The van der Waals surface area contributed by atoms with E-state index in [4.69, 9.17) is 16.3 Å². The van der Waals surface area contributed by atoms with E-state index in [0.717, 1.165) is 12.1 Å². The molecule has 0 aromatic heterocycles. The molecule has 0 atom stereocenters. The third kappa shape index (κ3) is 5.18. The van der Waals surface area contributed by atoms with Crippen LogP contribution in [0, 0.1) is 0 Å². The van der Waals surface area contributed by atoms with E-state index >= 15 is 0 Å². The van der Waals surface area contributed by atoms with Crippen molar-refractivity contribution in [1.29, 1.82) is 0 Å². The van der Waals surface area contributed by atoms with Crippen LogP contribution in [0.2, 0.25) is 5.02 Å². The Morgan fingerprint density at radius 2 is 1.79 bits per heavy atom. The quantitative estimate of drug-likeness (QED) is 0.531. The topological polar surface area (TPSA) is 63.7 Å². The van der Waals surface area contributed by atoms with Crippen LogP contribution in [0.5, 0.6) is 0 Å². The molecular formula is C17H14BrClF3NO4S. The lowest BCUT2D eigenvalue weighted by molar-refractivity contribution is -0.141. The highest BCUT2D eigenvalue weighted by Crippen LogP contribution is 2.37. The summed E-state index contributed by atoms with van der Waals surface area (Å²) in [6, 6.07) is 7.62. The molecule has 0 amide bonds. The fourth-order valence-corrected chi connectivity index (χ4v) is 4.19.